The summed E-state index contributed by atoms with van der Waals surface area (Å²) in [4.78, 5) is 7.42. The summed E-state index contributed by atoms with van der Waals surface area (Å²) in [5, 5.41) is 0. The number of H-pyrrole nitrogens is 1. The number of methoxy groups -OCH3 is 1. The maximum atomic E-state index is 5.54. The van der Waals surface area contributed by atoms with E-state index in [2.05, 4.69) is 23.8 Å². The smallest absolute Gasteiger partial charge is 0.122 e. The molecule has 0 spiro atoms. The van der Waals surface area contributed by atoms with Gasteiger partial charge in [0.05, 0.1) is 25.5 Å². The van der Waals surface area contributed by atoms with Crippen molar-refractivity contribution in [3.05, 3.63) is 35.3 Å². The molecule has 90 valence electrons. The summed E-state index contributed by atoms with van der Waals surface area (Å²) in [7, 11) is 1.68. The Balaban J connectivity index is 2.49. The summed E-state index contributed by atoms with van der Waals surface area (Å²) in [5.74, 6) is 1.71. The van der Waals surface area contributed by atoms with Crippen molar-refractivity contribution >= 4 is 0 Å². The molecule has 0 saturated heterocycles. The lowest BCUT2D eigenvalue weighted by atomic mass is 10.0. The van der Waals surface area contributed by atoms with E-state index in [0.717, 1.165) is 28.4 Å². The Morgan fingerprint density at radius 3 is 2.65 bits per heavy atom. The number of nitrogens with two attached hydrogens (primary N) is 1. The van der Waals surface area contributed by atoms with Crippen LogP contribution in [0.4, 0.5) is 0 Å². The molecule has 1 aromatic carbocycles. The highest BCUT2D eigenvalue weighted by Gasteiger charge is 2.10. The van der Waals surface area contributed by atoms with Crippen molar-refractivity contribution in [1.29, 1.82) is 0 Å². The molecule has 0 radical (unpaired) electrons. The molecule has 0 aliphatic heterocycles. The minimum absolute atomic E-state index is 0.425. The molecular formula is C13H17N3O. The highest BCUT2D eigenvalue weighted by molar-refractivity contribution is 5.66. The van der Waals surface area contributed by atoms with E-state index < -0.39 is 0 Å². The molecule has 1 heterocycles. The molecule has 2 aromatic rings. The Hall–Kier alpha value is -1.81. The van der Waals surface area contributed by atoms with Gasteiger partial charge in [-0.3, -0.25) is 0 Å². The number of hydrogen-bond donors (Lipinski definition) is 2. The highest BCUT2D eigenvalue weighted by atomic mass is 16.5. The fourth-order valence-electron chi connectivity index (χ4n) is 1.91. The number of benzene rings is 1. The van der Waals surface area contributed by atoms with Crippen molar-refractivity contribution in [2.45, 2.75) is 20.4 Å². The zero-order valence-corrected chi connectivity index (χ0v) is 10.4. The maximum Gasteiger partial charge on any atom is 0.122 e. The molecule has 17 heavy (non-hydrogen) atoms. The number of aromatic amines is 1. The van der Waals surface area contributed by atoms with Crippen molar-refractivity contribution in [3.63, 3.8) is 0 Å². The molecule has 4 nitrogen and oxygen atoms in total. The van der Waals surface area contributed by atoms with E-state index in [1.807, 2.05) is 18.3 Å². The van der Waals surface area contributed by atoms with E-state index in [0.29, 0.717) is 6.54 Å². The number of imidazole rings is 1. The number of rotatable bonds is 3. The van der Waals surface area contributed by atoms with E-state index in [4.69, 9.17) is 10.5 Å². The van der Waals surface area contributed by atoms with Crippen LogP contribution in [0.5, 0.6) is 5.75 Å². The van der Waals surface area contributed by atoms with Gasteiger partial charge in [0.2, 0.25) is 0 Å². The van der Waals surface area contributed by atoms with Crippen LogP contribution >= 0.6 is 0 Å². The second-order valence-electron chi connectivity index (χ2n) is 4.01. The van der Waals surface area contributed by atoms with Gasteiger partial charge in [0.1, 0.15) is 11.6 Å². The Morgan fingerprint density at radius 1 is 1.29 bits per heavy atom. The van der Waals surface area contributed by atoms with E-state index in [1.54, 1.807) is 7.11 Å². The Labute approximate surface area is 101 Å². The van der Waals surface area contributed by atoms with Crippen LogP contribution in [0.1, 0.15) is 17.0 Å². The third-order valence-electron chi connectivity index (χ3n) is 3.07. The number of ether oxygens (including phenoxy) is 1. The number of nitrogens with one attached hydrogen (secondary N) is 1. The van der Waals surface area contributed by atoms with Crippen LogP contribution in [0.3, 0.4) is 0 Å². The second-order valence-corrected chi connectivity index (χ2v) is 4.01. The predicted octanol–water partition coefficient (Wildman–Crippen LogP) is 2.16. The fraction of sp³-hybridized carbons (Fsp3) is 0.308. The van der Waals surface area contributed by atoms with Crippen LogP contribution in [0.25, 0.3) is 11.3 Å². The Bertz CT molecular complexity index is 531. The van der Waals surface area contributed by atoms with Crippen molar-refractivity contribution in [2.24, 2.45) is 5.73 Å². The SMILES string of the molecule is COc1ccc(-c2cnc(CN)[nH]2)c(C)c1C. The summed E-state index contributed by atoms with van der Waals surface area (Å²) >= 11 is 0. The molecule has 1 aromatic heterocycles. The number of hydrogen-bond acceptors (Lipinski definition) is 3. The maximum absolute atomic E-state index is 5.54. The fourth-order valence-corrected chi connectivity index (χ4v) is 1.91. The molecular weight excluding hydrogens is 214 g/mol. The quantitative estimate of drug-likeness (QED) is 0.850. The Morgan fingerprint density at radius 2 is 2.06 bits per heavy atom. The first-order valence-electron chi connectivity index (χ1n) is 5.56. The summed E-state index contributed by atoms with van der Waals surface area (Å²) in [6.45, 7) is 4.56. The average molecular weight is 231 g/mol. The third-order valence-corrected chi connectivity index (χ3v) is 3.07. The number of nitrogens with zero attached hydrogens (tertiary/aromatic N) is 1. The van der Waals surface area contributed by atoms with Crippen molar-refractivity contribution in [2.75, 3.05) is 7.11 Å². The van der Waals surface area contributed by atoms with Crippen molar-refractivity contribution in [3.8, 4) is 17.0 Å². The zero-order valence-electron chi connectivity index (χ0n) is 10.4. The van der Waals surface area contributed by atoms with Gasteiger partial charge in [-0.25, -0.2) is 4.98 Å². The molecule has 3 N–H and O–H groups in total. The molecule has 0 bridgehead atoms. The summed E-state index contributed by atoms with van der Waals surface area (Å²) in [6, 6.07) is 4.01. The first-order chi connectivity index (χ1) is 8.17. The lowest BCUT2D eigenvalue weighted by molar-refractivity contribution is 0.411. The van der Waals surface area contributed by atoms with Crippen molar-refractivity contribution in [1.82, 2.24) is 9.97 Å². The molecule has 0 amide bonds. The molecule has 0 saturated carbocycles. The van der Waals surface area contributed by atoms with E-state index in [1.165, 1.54) is 5.56 Å². The standard InChI is InChI=1S/C13H17N3O/c1-8-9(2)12(17-3)5-4-10(8)11-7-15-13(6-14)16-11/h4-5,7H,6,14H2,1-3H3,(H,15,16). The van der Waals surface area contributed by atoms with Crippen LogP contribution in [0, 0.1) is 13.8 Å². The molecule has 0 aliphatic rings. The van der Waals surface area contributed by atoms with Crippen LogP contribution in [-0.4, -0.2) is 17.1 Å². The number of aromatic nitrogens is 2. The molecule has 0 aliphatic carbocycles. The summed E-state index contributed by atoms with van der Waals surface area (Å²) in [6.07, 6.45) is 1.82. The van der Waals surface area contributed by atoms with Crippen LogP contribution in [0.15, 0.2) is 18.3 Å². The van der Waals surface area contributed by atoms with Gasteiger partial charge in [0, 0.05) is 5.56 Å². The normalized spacial score (nSPS) is 10.6. The first-order valence-corrected chi connectivity index (χ1v) is 5.56. The van der Waals surface area contributed by atoms with Gasteiger partial charge in [0.15, 0.2) is 0 Å². The third kappa shape index (κ3) is 2.03. The molecule has 0 unspecified atom stereocenters. The minimum Gasteiger partial charge on any atom is -0.496 e. The van der Waals surface area contributed by atoms with Gasteiger partial charge in [-0.15, -0.1) is 0 Å². The second kappa shape index (κ2) is 4.59. The Kier molecular flexibility index (Phi) is 3.15. The van der Waals surface area contributed by atoms with E-state index in [9.17, 15) is 0 Å². The molecule has 0 atom stereocenters. The van der Waals surface area contributed by atoms with Gasteiger partial charge >= 0.3 is 0 Å². The average Bonchev–Trinajstić information content (AvgIpc) is 2.81. The van der Waals surface area contributed by atoms with Crippen molar-refractivity contribution < 1.29 is 4.74 Å². The molecule has 0 fully saturated rings. The molecule has 2 rings (SSSR count). The lowest BCUT2D eigenvalue weighted by Gasteiger charge is -2.11. The lowest BCUT2D eigenvalue weighted by Crippen LogP contribution is -1.98. The van der Waals surface area contributed by atoms with E-state index in [-0.39, 0.29) is 0 Å². The van der Waals surface area contributed by atoms with Crippen LogP contribution in [0.2, 0.25) is 0 Å². The van der Waals surface area contributed by atoms with Gasteiger partial charge < -0.3 is 15.5 Å². The van der Waals surface area contributed by atoms with E-state index >= 15 is 0 Å². The predicted molar refractivity (Wildman–Crippen MR) is 67.9 cm³/mol. The molecule has 4 heteroatoms. The van der Waals surface area contributed by atoms with Gasteiger partial charge in [-0.2, -0.15) is 0 Å². The van der Waals surface area contributed by atoms with Gasteiger partial charge in [0.25, 0.3) is 0 Å². The summed E-state index contributed by atoms with van der Waals surface area (Å²) < 4.78 is 5.30. The van der Waals surface area contributed by atoms with Gasteiger partial charge in [-0.05, 0) is 37.1 Å². The zero-order chi connectivity index (χ0) is 12.4. The minimum atomic E-state index is 0.425. The summed E-state index contributed by atoms with van der Waals surface area (Å²) in [5.41, 5.74) is 10.0. The van der Waals surface area contributed by atoms with Crippen LogP contribution < -0.4 is 10.5 Å². The monoisotopic (exact) mass is 231 g/mol. The van der Waals surface area contributed by atoms with Crippen LogP contribution in [-0.2, 0) is 6.54 Å². The van der Waals surface area contributed by atoms with Gasteiger partial charge in [-0.1, -0.05) is 0 Å². The largest absolute Gasteiger partial charge is 0.496 e. The topological polar surface area (TPSA) is 63.9 Å². The first kappa shape index (κ1) is 11.7. The highest BCUT2D eigenvalue weighted by Crippen LogP contribution is 2.29.